The number of carbonyl (C=O) groups is 2. The van der Waals surface area contributed by atoms with Crippen molar-refractivity contribution in [1.82, 2.24) is 0 Å². The molecule has 0 aliphatic carbocycles. The van der Waals surface area contributed by atoms with Crippen LogP contribution in [0.5, 0.6) is 0 Å². The zero-order chi connectivity index (χ0) is 15.9. The second-order valence-electron chi connectivity index (χ2n) is 4.58. The number of rotatable bonds is 12. The zero-order valence-corrected chi connectivity index (χ0v) is 12.2. The van der Waals surface area contributed by atoms with E-state index in [1.54, 1.807) is 0 Å². The Hall–Kier alpha value is -2.10. The van der Waals surface area contributed by atoms with Gasteiger partial charge in [0, 0.05) is 6.42 Å². The fraction of sp³-hybridized carbons (Fsp3) is 0.714. The molecule has 1 unspecified atom stereocenters. The first-order chi connectivity index (χ1) is 10.1. The summed E-state index contributed by atoms with van der Waals surface area (Å²) < 4.78 is 4.88. The van der Waals surface area contributed by atoms with E-state index in [1.807, 2.05) is 0 Å². The second-order valence-corrected chi connectivity index (χ2v) is 4.58. The summed E-state index contributed by atoms with van der Waals surface area (Å²) in [5.74, 6) is -0.816. The third kappa shape index (κ3) is 12.7. The average Bonchev–Trinajstić information content (AvgIpc) is 2.41. The maximum atomic E-state index is 11.2. The van der Waals surface area contributed by atoms with Gasteiger partial charge in [-0.15, -0.1) is 0 Å². The number of ether oxygens (including phenoxy) is 1. The van der Waals surface area contributed by atoms with Crippen molar-refractivity contribution in [2.24, 2.45) is 9.98 Å². The van der Waals surface area contributed by atoms with E-state index in [0.717, 1.165) is 19.3 Å². The molecular weight excluding hydrogens is 276 g/mol. The number of unbranched alkanes of at least 4 members (excludes halogenated alkanes) is 2. The number of Topliss-reactive ketones (excluding diaryl/α,β-unsaturated/α-hetero) is 1. The lowest BCUT2D eigenvalue weighted by Gasteiger charge is -2.10. The predicted molar refractivity (Wildman–Crippen MR) is 74.2 cm³/mol. The van der Waals surface area contributed by atoms with Crippen molar-refractivity contribution in [1.29, 1.82) is 0 Å². The Morgan fingerprint density at radius 1 is 1.10 bits per heavy atom. The number of hydrogen-bond acceptors (Lipinski definition) is 7. The van der Waals surface area contributed by atoms with Gasteiger partial charge in [-0.05, 0) is 19.8 Å². The van der Waals surface area contributed by atoms with Crippen LogP contribution in [0.4, 0.5) is 0 Å². The third-order valence-corrected chi connectivity index (χ3v) is 2.71. The molecule has 0 radical (unpaired) electrons. The van der Waals surface area contributed by atoms with E-state index >= 15 is 0 Å². The maximum absolute atomic E-state index is 11.2. The molecule has 0 aliphatic heterocycles. The Labute approximate surface area is 123 Å². The molecule has 0 bridgehead atoms. The van der Waals surface area contributed by atoms with Crippen LogP contribution in [-0.4, -0.2) is 43.1 Å². The normalized spacial score (nSPS) is 10.9. The van der Waals surface area contributed by atoms with E-state index < -0.39 is 5.97 Å². The fourth-order valence-corrected chi connectivity index (χ4v) is 1.70. The van der Waals surface area contributed by atoms with Crippen LogP contribution in [0.1, 0.15) is 45.4 Å². The van der Waals surface area contributed by atoms with Crippen LogP contribution in [0.2, 0.25) is 0 Å². The molecule has 0 aromatic heterocycles. The van der Waals surface area contributed by atoms with E-state index in [4.69, 9.17) is 4.74 Å². The standard InChI is InChI=1S/C14H20N2O5/c1-12(19)9-14(20)21-8-6-13(16-11-18)5-3-2-4-7-15-10-17/h13H,2-9H2,1H3. The maximum Gasteiger partial charge on any atom is 0.313 e. The van der Waals surface area contributed by atoms with Crippen LogP contribution in [0, 0.1) is 0 Å². The highest BCUT2D eigenvalue weighted by Gasteiger charge is 2.10. The van der Waals surface area contributed by atoms with Crippen molar-refractivity contribution < 1.29 is 23.9 Å². The summed E-state index contributed by atoms with van der Waals surface area (Å²) in [7, 11) is 0. The van der Waals surface area contributed by atoms with Gasteiger partial charge in [-0.3, -0.25) is 9.59 Å². The lowest BCUT2D eigenvalue weighted by molar-refractivity contribution is -0.145. The van der Waals surface area contributed by atoms with E-state index in [1.165, 1.54) is 19.1 Å². The zero-order valence-electron chi connectivity index (χ0n) is 12.2. The molecule has 0 heterocycles. The highest BCUT2D eigenvalue weighted by Crippen LogP contribution is 2.10. The molecule has 0 rings (SSSR count). The molecule has 0 spiro atoms. The number of hydrogen-bond donors (Lipinski definition) is 0. The summed E-state index contributed by atoms with van der Waals surface area (Å²) >= 11 is 0. The molecule has 0 saturated carbocycles. The lowest BCUT2D eigenvalue weighted by atomic mass is 10.1. The molecule has 0 aliphatic rings. The molecule has 0 aromatic carbocycles. The first kappa shape index (κ1) is 18.9. The number of isocyanates is 2. The number of esters is 1. The Balaban J connectivity index is 3.86. The monoisotopic (exact) mass is 296 g/mol. The van der Waals surface area contributed by atoms with E-state index in [2.05, 4.69) is 9.98 Å². The molecule has 0 fully saturated rings. The number of nitrogens with zero attached hydrogens (tertiary/aromatic N) is 2. The lowest BCUT2D eigenvalue weighted by Crippen LogP contribution is -2.14. The van der Waals surface area contributed by atoms with Crippen molar-refractivity contribution in [2.75, 3.05) is 13.2 Å². The van der Waals surface area contributed by atoms with Crippen LogP contribution in [0.3, 0.4) is 0 Å². The highest BCUT2D eigenvalue weighted by molar-refractivity contribution is 5.94. The van der Waals surface area contributed by atoms with Gasteiger partial charge in [0.25, 0.3) is 0 Å². The van der Waals surface area contributed by atoms with Gasteiger partial charge in [0.05, 0.1) is 19.2 Å². The molecule has 116 valence electrons. The minimum absolute atomic E-state index is 0.122. The van der Waals surface area contributed by atoms with Crippen molar-refractivity contribution in [3.8, 4) is 0 Å². The highest BCUT2D eigenvalue weighted by atomic mass is 16.5. The van der Waals surface area contributed by atoms with Crippen molar-refractivity contribution >= 4 is 23.9 Å². The van der Waals surface area contributed by atoms with Crippen LogP contribution in [-0.2, 0) is 23.9 Å². The summed E-state index contributed by atoms with van der Waals surface area (Å²) in [6, 6.07) is -0.248. The molecule has 0 saturated heterocycles. The van der Waals surface area contributed by atoms with Crippen LogP contribution in [0.25, 0.3) is 0 Å². The summed E-state index contributed by atoms with van der Waals surface area (Å²) in [5, 5.41) is 0. The van der Waals surface area contributed by atoms with E-state index in [-0.39, 0.29) is 24.9 Å². The molecule has 21 heavy (non-hydrogen) atoms. The Morgan fingerprint density at radius 2 is 1.86 bits per heavy atom. The molecule has 0 aromatic rings. The first-order valence-electron chi connectivity index (χ1n) is 6.85. The Kier molecular flexibility index (Phi) is 11.6. The van der Waals surface area contributed by atoms with Gasteiger partial charge in [-0.25, -0.2) is 19.6 Å². The first-order valence-corrected chi connectivity index (χ1v) is 6.85. The molecule has 7 heteroatoms. The Bertz CT molecular complexity index is 423. The smallest absolute Gasteiger partial charge is 0.313 e. The minimum Gasteiger partial charge on any atom is -0.465 e. The summed E-state index contributed by atoms with van der Waals surface area (Å²) in [5.41, 5.74) is 0. The van der Waals surface area contributed by atoms with Crippen LogP contribution < -0.4 is 0 Å². The van der Waals surface area contributed by atoms with E-state index in [0.29, 0.717) is 19.4 Å². The van der Waals surface area contributed by atoms with Gasteiger partial charge in [0.1, 0.15) is 12.2 Å². The molecule has 0 amide bonds. The minimum atomic E-state index is -0.567. The predicted octanol–water partition coefficient (Wildman–Crippen LogP) is 1.50. The molecule has 1 atom stereocenters. The summed E-state index contributed by atoms with van der Waals surface area (Å²) in [6.07, 6.45) is 6.30. The van der Waals surface area contributed by atoms with Crippen LogP contribution >= 0.6 is 0 Å². The SMILES string of the molecule is CC(=O)CC(=O)OCCC(CCCCCN=C=O)N=C=O. The molecule has 0 N–H and O–H groups in total. The van der Waals surface area contributed by atoms with Crippen molar-refractivity contribution in [3.63, 3.8) is 0 Å². The largest absolute Gasteiger partial charge is 0.465 e. The number of aliphatic imine (C=N–C) groups is 2. The van der Waals surface area contributed by atoms with Gasteiger partial charge in [-0.2, -0.15) is 0 Å². The average molecular weight is 296 g/mol. The molecule has 7 nitrogen and oxygen atoms in total. The van der Waals surface area contributed by atoms with Crippen molar-refractivity contribution in [3.05, 3.63) is 0 Å². The Morgan fingerprint density at radius 3 is 2.48 bits per heavy atom. The fourth-order valence-electron chi connectivity index (χ4n) is 1.70. The van der Waals surface area contributed by atoms with Gasteiger partial charge in [0.2, 0.25) is 12.2 Å². The van der Waals surface area contributed by atoms with Crippen LogP contribution in [0.15, 0.2) is 9.98 Å². The molecular formula is C14H20N2O5. The quantitative estimate of drug-likeness (QED) is 0.178. The van der Waals surface area contributed by atoms with E-state index in [9.17, 15) is 19.2 Å². The number of carbonyl (C=O) groups excluding carboxylic acids is 4. The number of ketones is 1. The topological polar surface area (TPSA) is 102 Å². The third-order valence-electron chi connectivity index (χ3n) is 2.71. The summed E-state index contributed by atoms with van der Waals surface area (Å²) in [4.78, 5) is 49.2. The van der Waals surface area contributed by atoms with Gasteiger partial charge >= 0.3 is 5.97 Å². The van der Waals surface area contributed by atoms with Gasteiger partial charge < -0.3 is 4.74 Å². The van der Waals surface area contributed by atoms with Crippen molar-refractivity contribution in [2.45, 2.75) is 51.5 Å². The van der Waals surface area contributed by atoms with Gasteiger partial charge in [0.15, 0.2) is 0 Å². The summed E-state index contributed by atoms with van der Waals surface area (Å²) in [6.45, 7) is 1.89. The second kappa shape index (κ2) is 12.9. The van der Waals surface area contributed by atoms with Gasteiger partial charge in [-0.1, -0.05) is 12.8 Å².